The third-order valence-electron chi connectivity index (χ3n) is 11.1. The van der Waals surface area contributed by atoms with Gasteiger partial charge in [0.25, 0.3) is 5.91 Å². The number of hydrogen-bond donors (Lipinski definition) is 6. The summed E-state index contributed by atoms with van der Waals surface area (Å²) >= 11 is 0. The predicted octanol–water partition coefficient (Wildman–Crippen LogP) is 3.99. The van der Waals surface area contributed by atoms with Gasteiger partial charge in [-0.3, -0.25) is 14.4 Å². The molecule has 2 aliphatic rings. The van der Waals surface area contributed by atoms with Gasteiger partial charge in [-0.1, -0.05) is 52.0 Å². The highest BCUT2D eigenvalue weighted by molar-refractivity contribution is 6.16. The van der Waals surface area contributed by atoms with Crippen LogP contribution in [0.3, 0.4) is 0 Å². The Morgan fingerprint density at radius 2 is 1.56 bits per heavy atom. The molecule has 1 amide bonds. The first-order valence-corrected chi connectivity index (χ1v) is 18.0. The highest BCUT2D eigenvalue weighted by atomic mass is 16.7. The molecule has 3 heterocycles. The van der Waals surface area contributed by atoms with E-state index in [4.69, 9.17) is 18.6 Å². The SMILES string of the molecule is CO[C@H]1C=CO[C@@]2(C)Oc3c(C)c(O)c4c(=O)c(c5oc6cccc(=O)c6nc5c4c3=C2O)NC(=O)C(C)=CC=C[C@H](C)[C@H](O)[C@@H](C)[C@@H](O)[C@@H](C)[C@H](O)[C@@H]1C. The van der Waals surface area contributed by atoms with Gasteiger partial charge in [0.15, 0.2) is 22.4 Å². The van der Waals surface area contributed by atoms with Crippen LogP contribution in [0.2, 0.25) is 0 Å². The quantitative estimate of drug-likeness (QED) is 0.120. The number of fused-ring (bicyclic) bond motifs is 2. The van der Waals surface area contributed by atoms with E-state index in [1.54, 1.807) is 39.8 Å². The van der Waals surface area contributed by atoms with Crippen LogP contribution >= 0.6 is 0 Å². The summed E-state index contributed by atoms with van der Waals surface area (Å²) in [6, 6.07) is 4.20. The number of phenols is 1. The van der Waals surface area contributed by atoms with Crippen molar-refractivity contribution in [3.05, 3.63) is 85.6 Å². The number of para-hydroxylation sites is 1. The maximum absolute atomic E-state index is 14.4. The van der Waals surface area contributed by atoms with Gasteiger partial charge in [0.05, 0.1) is 41.3 Å². The molecule has 6 rings (SSSR count). The number of nitrogens with zero attached hydrogens (tertiary/aromatic N) is 1. The molecule has 3 aromatic carbocycles. The monoisotopic (exact) mass is 758 g/mol. The summed E-state index contributed by atoms with van der Waals surface area (Å²) in [5.74, 6) is -6.15. The van der Waals surface area contributed by atoms with Crippen LogP contribution in [0.1, 0.15) is 47.1 Å². The maximum atomic E-state index is 14.4. The average molecular weight is 759 g/mol. The molecule has 1 aromatic heterocycles. The second-order valence-electron chi connectivity index (χ2n) is 14.8. The number of aromatic hydroxyl groups is 1. The average Bonchev–Trinajstić information content (AvgIpc) is 3.43. The van der Waals surface area contributed by atoms with Gasteiger partial charge >= 0.3 is 5.79 Å². The molecule has 2 aliphatic heterocycles. The molecule has 0 saturated heterocycles. The highest BCUT2D eigenvalue weighted by Crippen LogP contribution is 2.42. The number of carbonyl (C=O) groups excluding carboxylic acids is 1. The van der Waals surface area contributed by atoms with E-state index in [0.717, 1.165) is 0 Å². The number of carbonyl (C=O) groups is 1. The Kier molecular flexibility index (Phi) is 10.6. The number of allylic oxidation sites excluding steroid dienone is 2. The molecule has 14 nitrogen and oxygen atoms in total. The fourth-order valence-electron chi connectivity index (χ4n) is 7.42. The first kappa shape index (κ1) is 39.4. The maximum Gasteiger partial charge on any atom is 0.307 e. The van der Waals surface area contributed by atoms with E-state index in [0.29, 0.717) is 0 Å². The Balaban J connectivity index is 1.63. The minimum Gasteiger partial charge on any atom is -0.507 e. The second kappa shape index (κ2) is 14.8. The van der Waals surface area contributed by atoms with E-state index in [2.05, 4.69) is 10.3 Å². The van der Waals surface area contributed by atoms with Crippen LogP contribution in [0.5, 0.6) is 11.5 Å². The van der Waals surface area contributed by atoms with E-state index < -0.39 is 82.1 Å². The van der Waals surface area contributed by atoms with Crippen molar-refractivity contribution >= 4 is 50.3 Å². The van der Waals surface area contributed by atoms with E-state index in [-0.39, 0.29) is 60.8 Å². The van der Waals surface area contributed by atoms with Crippen LogP contribution in [0.25, 0.3) is 38.7 Å². The largest absolute Gasteiger partial charge is 0.507 e. The summed E-state index contributed by atoms with van der Waals surface area (Å²) in [5, 5.41) is 59.3. The zero-order chi connectivity index (χ0) is 40.3. The Hall–Kier alpha value is -5.28. The Bertz CT molecular complexity index is 2470. The van der Waals surface area contributed by atoms with Gasteiger partial charge in [-0.05, 0) is 32.1 Å². The number of hydrogen-bond acceptors (Lipinski definition) is 13. The molecule has 0 spiro atoms. The molecular weight excluding hydrogens is 712 g/mol. The van der Waals surface area contributed by atoms with Crippen LogP contribution in [-0.2, 0) is 14.3 Å². The zero-order valence-corrected chi connectivity index (χ0v) is 31.8. The lowest BCUT2D eigenvalue weighted by molar-refractivity contribution is -0.112. The molecule has 0 fully saturated rings. The molecule has 6 N–H and O–H groups in total. The smallest absolute Gasteiger partial charge is 0.307 e. The van der Waals surface area contributed by atoms with Crippen molar-refractivity contribution in [1.29, 1.82) is 0 Å². The topological polar surface area (TPSA) is 218 Å². The summed E-state index contributed by atoms with van der Waals surface area (Å²) in [5.41, 5.74) is -1.98. The van der Waals surface area contributed by atoms with Crippen molar-refractivity contribution in [3.63, 3.8) is 0 Å². The fraction of sp³-hybridized carbons (Fsp3) is 0.415. The van der Waals surface area contributed by atoms with Gasteiger partial charge in [-0.15, -0.1) is 0 Å². The van der Waals surface area contributed by atoms with Crippen molar-refractivity contribution in [2.24, 2.45) is 23.7 Å². The lowest BCUT2D eigenvalue weighted by Gasteiger charge is -2.36. The number of aliphatic hydroxyl groups is 4. The molecule has 0 saturated carbocycles. The standard InChI is InChI=1S/C41H46N2O12/c1-17-11-9-12-18(2)40(51)43-31-36(49)27-26(30-38(31)54-25-14-10-13-23(44)29(25)42-30)28-37(22(6)35(27)48)55-41(7,39(28)50)53-16-15-24(52-8)19(3)33(46)21(5)34(47)20(4)32(17)45/h9-17,19-21,24,32-34,45-48,50H,1-8H3,(H,43,51)/t17-,19+,20+,21-,24-,32-,33+,34+,41-/m0/s1. The fourth-order valence-corrected chi connectivity index (χ4v) is 7.42. The number of methoxy groups -OCH3 is 1. The van der Waals surface area contributed by atoms with Crippen molar-refractivity contribution in [2.75, 3.05) is 12.4 Å². The highest BCUT2D eigenvalue weighted by Gasteiger charge is 2.44. The molecule has 0 radical (unpaired) electrons. The number of ether oxygens (including phenoxy) is 3. The molecule has 14 heteroatoms. The molecule has 9 atom stereocenters. The molecule has 292 valence electrons. The number of amides is 1. The number of aliphatic hydroxyl groups excluding tert-OH is 4. The van der Waals surface area contributed by atoms with E-state index in [9.17, 15) is 39.9 Å². The Labute approximate surface area is 315 Å². The molecule has 55 heavy (non-hydrogen) atoms. The lowest BCUT2D eigenvalue weighted by Crippen LogP contribution is -2.44. The third-order valence-corrected chi connectivity index (χ3v) is 11.1. The summed E-state index contributed by atoms with van der Waals surface area (Å²) < 4.78 is 23.9. The number of phenolic OH excluding ortho intramolecular Hbond substituents is 1. The van der Waals surface area contributed by atoms with E-state index >= 15 is 0 Å². The Morgan fingerprint density at radius 3 is 2.25 bits per heavy atom. The van der Waals surface area contributed by atoms with Gasteiger partial charge in [-0.2, -0.15) is 0 Å². The van der Waals surface area contributed by atoms with Crippen LogP contribution < -0.4 is 26.1 Å². The van der Waals surface area contributed by atoms with Crippen LogP contribution in [0, 0.1) is 30.6 Å². The van der Waals surface area contributed by atoms with Crippen molar-refractivity contribution in [1.82, 2.24) is 4.98 Å². The molecule has 0 aliphatic carbocycles. The van der Waals surface area contributed by atoms with E-state index in [1.807, 2.05) is 0 Å². The molecule has 0 unspecified atom stereocenters. The zero-order valence-electron chi connectivity index (χ0n) is 31.8. The second-order valence-corrected chi connectivity index (χ2v) is 14.8. The van der Waals surface area contributed by atoms with Gasteiger partial charge in [-0.25, -0.2) is 4.98 Å². The molecule has 4 aromatic rings. The summed E-state index contributed by atoms with van der Waals surface area (Å²) in [6.07, 6.45) is 3.45. The number of anilines is 1. The first-order chi connectivity index (χ1) is 25.9. The van der Waals surface area contributed by atoms with Gasteiger partial charge < -0.3 is 49.5 Å². The van der Waals surface area contributed by atoms with Crippen molar-refractivity contribution in [2.45, 2.75) is 78.7 Å². The van der Waals surface area contributed by atoms with Gasteiger partial charge in [0.2, 0.25) is 10.9 Å². The third kappa shape index (κ3) is 6.62. The minimum absolute atomic E-state index is 0.0154. The number of benzene rings is 3. The Morgan fingerprint density at radius 1 is 0.891 bits per heavy atom. The predicted molar refractivity (Wildman–Crippen MR) is 205 cm³/mol. The lowest BCUT2D eigenvalue weighted by atomic mass is 9.78. The van der Waals surface area contributed by atoms with E-state index in [1.165, 1.54) is 64.5 Å². The molecular formula is C41H46N2O12. The van der Waals surface area contributed by atoms with Crippen LogP contribution in [0.4, 0.5) is 5.69 Å². The normalized spacial score (nSPS) is 29.5. The summed E-state index contributed by atoms with van der Waals surface area (Å²) in [4.78, 5) is 45.6. The van der Waals surface area contributed by atoms with Gasteiger partial charge in [0, 0.05) is 54.2 Å². The summed E-state index contributed by atoms with van der Waals surface area (Å²) in [7, 11) is 1.44. The summed E-state index contributed by atoms with van der Waals surface area (Å²) in [6.45, 7) is 11.2. The number of aromatic nitrogens is 1. The number of nitrogens with one attached hydrogen (secondary N) is 1. The van der Waals surface area contributed by atoms with Gasteiger partial charge in [0.1, 0.15) is 22.7 Å². The van der Waals surface area contributed by atoms with Crippen LogP contribution in [0.15, 0.2) is 68.3 Å². The molecule has 4 bridgehead atoms. The minimum atomic E-state index is -1.93. The van der Waals surface area contributed by atoms with Crippen molar-refractivity contribution in [3.8, 4) is 11.5 Å². The number of rotatable bonds is 1. The van der Waals surface area contributed by atoms with Crippen molar-refractivity contribution < 1.29 is 49.0 Å². The van der Waals surface area contributed by atoms with Crippen LogP contribution in [-0.4, -0.2) is 73.7 Å². The first-order valence-electron chi connectivity index (χ1n) is 18.0.